The molecule has 1 aliphatic heterocycles. The van der Waals surface area contributed by atoms with E-state index in [4.69, 9.17) is 15.5 Å². The van der Waals surface area contributed by atoms with Gasteiger partial charge in [-0.1, -0.05) is 20.3 Å². The molecule has 3 N–H and O–H groups in total. The third-order valence-electron chi connectivity index (χ3n) is 5.90. The Labute approximate surface area is 203 Å². The van der Waals surface area contributed by atoms with Crippen LogP contribution in [0.4, 0.5) is 16.4 Å². The van der Waals surface area contributed by atoms with Gasteiger partial charge in [0, 0.05) is 50.5 Å². The average molecular weight is 469 g/mol. The standard InChI is InChI=1S/C26H40N6O2/c1-6-8-21(7-2)29-23-17-20(9-10-28-23)22-15-19(18-27)16-24(30-22)31-11-13-32(14-12-31)25(33)34-26(3,4)5/h9-10,15-17,21H,6-8,11-14,18,27H2,1-5H3,(H,28,29). The SMILES string of the molecule is CCCC(CC)Nc1cc(-c2cc(CN)cc(N3CCN(C(=O)OC(C)(C)C)CC3)n2)ccn1. The second kappa shape index (κ2) is 11.5. The zero-order valence-corrected chi connectivity index (χ0v) is 21.3. The van der Waals surface area contributed by atoms with E-state index in [0.717, 1.165) is 47.7 Å². The summed E-state index contributed by atoms with van der Waals surface area (Å²) in [5.74, 6) is 1.75. The molecule has 2 aromatic rings. The molecule has 8 nitrogen and oxygen atoms in total. The molecule has 0 saturated carbocycles. The Morgan fingerprint density at radius 1 is 1.18 bits per heavy atom. The van der Waals surface area contributed by atoms with Crippen LogP contribution < -0.4 is 16.0 Å². The minimum Gasteiger partial charge on any atom is -0.444 e. The quantitative estimate of drug-likeness (QED) is 0.582. The van der Waals surface area contributed by atoms with Crippen molar-refractivity contribution in [2.45, 2.75) is 72.1 Å². The predicted molar refractivity (Wildman–Crippen MR) is 138 cm³/mol. The number of amides is 1. The summed E-state index contributed by atoms with van der Waals surface area (Å²) >= 11 is 0. The normalized spacial score (nSPS) is 15.2. The van der Waals surface area contributed by atoms with E-state index in [9.17, 15) is 4.79 Å². The van der Waals surface area contributed by atoms with Crippen LogP contribution in [-0.2, 0) is 11.3 Å². The van der Waals surface area contributed by atoms with Crippen molar-refractivity contribution in [2.75, 3.05) is 36.4 Å². The van der Waals surface area contributed by atoms with E-state index in [2.05, 4.69) is 35.1 Å². The summed E-state index contributed by atoms with van der Waals surface area (Å²) in [5, 5.41) is 3.55. The molecule has 0 spiro atoms. The summed E-state index contributed by atoms with van der Waals surface area (Å²) in [6, 6.07) is 8.54. The smallest absolute Gasteiger partial charge is 0.410 e. The molecule has 3 heterocycles. The third kappa shape index (κ3) is 7.06. The van der Waals surface area contributed by atoms with Gasteiger partial charge in [0.05, 0.1) is 5.69 Å². The zero-order valence-electron chi connectivity index (χ0n) is 21.3. The highest BCUT2D eigenvalue weighted by Gasteiger charge is 2.26. The van der Waals surface area contributed by atoms with Crippen LogP contribution in [0, 0.1) is 0 Å². The lowest BCUT2D eigenvalue weighted by Crippen LogP contribution is -2.50. The van der Waals surface area contributed by atoms with E-state index in [1.807, 2.05) is 45.2 Å². The van der Waals surface area contributed by atoms with Crippen molar-refractivity contribution in [1.29, 1.82) is 0 Å². The summed E-state index contributed by atoms with van der Waals surface area (Å²) in [6.45, 7) is 13.1. The van der Waals surface area contributed by atoms with Crippen molar-refractivity contribution < 1.29 is 9.53 Å². The number of hydrogen-bond donors (Lipinski definition) is 2. The lowest BCUT2D eigenvalue weighted by molar-refractivity contribution is 0.0240. The number of rotatable bonds is 8. The number of hydrogen-bond acceptors (Lipinski definition) is 7. The molecular formula is C26H40N6O2. The minimum absolute atomic E-state index is 0.262. The highest BCUT2D eigenvalue weighted by molar-refractivity contribution is 5.69. The Morgan fingerprint density at radius 2 is 1.91 bits per heavy atom. The topological polar surface area (TPSA) is 96.6 Å². The van der Waals surface area contributed by atoms with E-state index in [1.165, 1.54) is 0 Å². The molecule has 1 saturated heterocycles. The summed E-state index contributed by atoms with van der Waals surface area (Å²) in [6.07, 6.45) is 4.87. The van der Waals surface area contributed by atoms with Gasteiger partial charge in [-0.05, 0) is 63.4 Å². The number of ether oxygens (including phenoxy) is 1. The molecule has 1 fully saturated rings. The van der Waals surface area contributed by atoms with Crippen LogP contribution in [0.1, 0.15) is 59.4 Å². The maximum absolute atomic E-state index is 12.4. The Balaban J connectivity index is 1.76. The first-order valence-corrected chi connectivity index (χ1v) is 12.4. The fourth-order valence-electron chi connectivity index (χ4n) is 4.05. The number of carbonyl (C=O) groups excluding carboxylic acids is 1. The first-order valence-electron chi connectivity index (χ1n) is 12.4. The molecule has 0 radical (unpaired) electrons. The molecule has 0 aliphatic carbocycles. The van der Waals surface area contributed by atoms with Gasteiger partial charge >= 0.3 is 6.09 Å². The van der Waals surface area contributed by atoms with Crippen LogP contribution in [0.25, 0.3) is 11.3 Å². The number of piperazine rings is 1. The second-order valence-corrected chi connectivity index (χ2v) is 9.85. The molecule has 0 bridgehead atoms. The molecule has 8 heteroatoms. The van der Waals surface area contributed by atoms with Crippen LogP contribution in [0.5, 0.6) is 0 Å². The Morgan fingerprint density at radius 3 is 2.53 bits per heavy atom. The first kappa shape index (κ1) is 25.7. The van der Waals surface area contributed by atoms with Gasteiger partial charge < -0.3 is 25.6 Å². The van der Waals surface area contributed by atoms with Crippen LogP contribution in [-0.4, -0.2) is 58.8 Å². The van der Waals surface area contributed by atoms with Crippen molar-refractivity contribution in [2.24, 2.45) is 5.73 Å². The maximum Gasteiger partial charge on any atom is 0.410 e. The second-order valence-electron chi connectivity index (χ2n) is 9.85. The number of aromatic nitrogens is 2. The Kier molecular flexibility index (Phi) is 8.72. The molecule has 1 aliphatic rings. The molecule has 0 aromatic carbocycles. The summed E-state index contributed by atoms with van der Waals surface area (Å²) in [5.41, 5.74) is 8.44. The predicted octanol–water partition coefficient (Wildman–Crippen LogP) is 4.65. The lowest BCUT2D eigenvalue weighted by Gasteiger charge is -2.36. The molecule has 34 heavy (non-hydrogen) atoms. The number of nitrogens with one attached hydrogen (secondary N) is 1. The van der Waals surface area contributed by atoms with Crippen molar-refractivity contribution >= 4 is 17.7 Å². The van der Waals surface area contributed by atoms with Gasteiger partial charge in [0.25, 0.3) is 0 Å². The fourth-order valence-corrected chi connectivity index (χ4v) is 4.05. The third-order valence-corrected chi connectivity index (χ3v) is 5.90. The van der Waals surface area contributed by atoms with Gasteiger partial charge in [-0.2, -0.15) is 0 Å². The average Bonchev–Trinajstić information content (AvgIpc) is 2.82. The molecule has 186 valence electrons. The Bertz CT molecular complexity index is 951. The molecule has 1 amide bonds. The van der Waals surface area contributed by atoms with Crippen LogP contribution in [0.3, 0.4) is 0 Å². The molecule has 2 aromatic heterocycles. The number of nitrogens with two attached hydrogens (primary N) is 1. The molecule has 3 rings (SSSR count). The van der Waals surface area contributed by atoms with Gasteiger partial charge in [0.1, 0.15) is 17.2 Å². The monoisotopic (exact) mass is 468 g/mol. The first-order chi connectivity index (χ1) is 16.2. The van der Waals surface area contributed by atoms with Gasteiger partial charge in [0.15, 0.2) is 0 Å². The zero-order chi connectivity index (χ0) is 24.7. The van der Waals surface area contributed by atoms with Gasteiger partial charge in [0.2, 0.25) is 0 Å². The number of nitrogens with zero attached hydrogens (tertiary/aromatic N) is 4. The van der Waals surface area contributed by atoms with Gasteiger partial charge in [-0.25, -0.2) is 14.8 Å². The van der Waals surface area contributed by atoms with E-state index < -0.39 is 5.60 Å². The van der Waals surface area contributed by atoms with Gasteiger partial charge in [-0.15, -0.1) is 0 Å². The van der Waals surface area contributed by atoms with Crippen molar-refractivity contribution in [3.05, 3.63) is 36.0 Å². The maximum atomic E-state index is 12.4. The van der Waals surface area contributed by atoms with Crippen LogP contribution in [0.2, 0.25) is 0 Å². The molecule has 1 atom stereocenters. The van der Waals surface area contributed by atoms with Crippen molar-refractivity contribution in [1.82, 2.24) is 14.9 Å². The largest absolute Gasteiger partial charge is 0.444 e. The van der Waals surface area contributed by atoms with E-state index in [1.54, 1.807) is 4.90 Å². The van der Waals surface area contributed by atoms with Crippen LogP contribution >= 0.6 is 0 Å². The Hall–Kier alpha value is -2.87. The molecular weight excluding hydrogens is 428 g/mol. The fraction of sp³-hybridized carbons (Fsp3) is 0.577. The summed E-state index contributed by atoms with van der Waals surface area (Å²) in [7, 11) is 0. The van der Waals surface area contributed by atoms with Crippen LogP contribution in [0.15, 0.2) is 30.5 Å². The van der Waals surface area contributed by atoms with E-state index >= 15 is 0 Å². The van der Waals surface area contributed by atoms with E-state index in [-0.39, 0.29) is 6.09 Å². The van der Waals surface area contributed by atoms with Gasteiger partial charge in [-0.3, -0.25) is 0 Å². The number of anilines is 2. The number of pyridine rings is 2. The summed E-state index contributed by atoms with van der Waals surface area (Å²) in [4.78, 5) is 25.9. The number of carbonyl (C=O) groups is 1. The van der Waals surface area contributed by atoms with E-state index in [0.29, 0.717) is 38.8 Å². The lowest BCUT2D eigenvalue weighted by atomic mass is 10.1. The van der Waals surface area contributed by atoms with Crippen molar-refractivity contribution in [3.63, 3.8) is 0 Å². The van der Waals surface area contributed by atoms with Crippen molar-refractivity contribution in [3.8, 4) is 11.3 Å². The highest BCUT2D eigenvalue weighted by atomic mass is 16.6. The molecule has 1 unspecified atom stereocenters. The minimum atomic E-state index is -0.494. The highest BCUT2D eigenvalue weighted by Crippen LogP contribution is 2.26. The summed E-state index contributed by atoms with van der Waals surface area (Å²) < 4.78 is 5.52.